The first-order chi connectivity index (χ1) is 7.04. The lowest BCUT2D eigenvalue weighted by atomic mass is 10.1. The molecule has 0 saturated carbocycles. The van der Waals surface area contributed by atoms with Gasteiger partial charge in [-0.05, 0) is 0 Å². The number of carbonyl (C=O) groups is 1. The number of aliphatic hydroxyl groups is 4. The highest BCUT2D eigenvalue weighted by molar-refractivity contribution is 8.00. The maximum atomic E-state index is 11.6. The molecule has 0 bridgehead atoms. The molecule has 7 heteroatoms. The largest absolute Gasteiger partial charge is 0.387 e. The third-order valence-corrected chi connectivity index (χ3v) is 4.07. The van der Waals surface area contributed by atoms with Crippen LogP contribution in [0.2, 0.25) is 0 Å². The van der Waals surface area contributed by atoms with Gasteiger partial charge in [0, 0.05) is 12.3 Å². The lowest BCUT2D eigenvalue weighted by molar-refractivity contribution is -0.147. The lowest BCUT2D eigenvalue weighted by Crippen LogP contribution is -2.46. The molecular weight excluding hydrogens is 222 g/mol. The summed E-state index contributed by atoms with van der Waals surface area (Å²) in [6.45, 7) is 0.418. The van der Waals surface area contributed by atoms with E-state index in [0.717, 1.165) is 0 Å². The Balaban J connectivity index is 2.30. The van der Waals surface area contributed by atoms with Gasteiger partial charge < -0.3 is 25.3 Å². The summed E-state index contributed by atoms with van der Waals surface area (Å²) in [6.07, 6.45) is -6.00. The zero-order valence-electron chi connectivity index (χ0n) is 7.85. The van der Waals surface area contributed by atoms with Gasteiger partial charge in [-0.2, -0.15) is 0 Å². The second-order valence-corrected chi connectivity index (χ2v) is 4.93. The molecular formula is C8H13NO5S. The molecule has 86 valence electrons. The molecule has 0 aromatic heterocycles. The highest BCUT2D eigenvalue weighted by Crippen LogP contribution is 2.32. The zero-order valence-corrected chi connectivity index (χ0v) is 8.67. The van der Waals surface area contributed by atoms with Crippen LogP contribution < -0.4 is 0 Å². The van der Waals surface area contributed by atoms with E-state index in [-0.39, 0.29) is 0 Å². The van der Waals surface area contributed by atoms with E-state index in [0.29, 0.717) is 12.3 Å². The molecule has 0 aromatic carbocycles. The molecule has 0 aromatic rings. The summed E-state index contributed by atoms with van der Waals surface area (Å²) in [6, 6.07) is 0. The number of aliphatic hydroxyl groups excluding tert-OH is 4. The van der Waals surface area contributed by atoms with Crippen molar-refractivity contribution in [3.05, 3.63) is 0 Å². The van der Waals surface area contributed by atoms with Crippen molar-refractivity contribution in [2.24, 2.45) is 0 Å². The van der Waals surface area contributed by atoms with E-state index in [9.17, 15) is 25.2 Å². The van der Waals surface area contributed by atoms with Crippen LogP contribution in [0.15, 0.2) is 0 Å². The van der Waals surface area contributed by atoms with Crippen molar-refractivity contribution in [2.45, 2.75) is 29.8 Å². The Hall–Kier alpha value is -0.340. The zero-order chi connectivity index (χ0) is 11.2. The Kier molecular flexibility index (Phi) is 2.91. The van der Waals surface area contributed by atoms with Crippen LogP contribution in [0.25, 0.3) is 0 Å². The van der Waals surface area contributed by atoms with Crippen LogP contribution >= 0.6 is 11.8 Å². The van der Waals surface area contributed by atoms with Gasteiger partial charge in [0.15, 0.2) is 6.10 Å². The molecule has 0 aliphatic carbocycles. The predicted molar refractivity (Wildman–Crippen MR) is 52.0 cm³/mol. The standard InChI is InChI=1S/C8H13NO5S/c10-3-4(11)6(13)8-9(1-2-15-8)7(14)5(3)12/h3-6,8,10-13H,1-2H2/t3-,4-,5-,6+,8+/m0/s1. The number of carbonyl (C=O) groups excluding carboxylic acids is 1. The molecule has 4 N–H and O–H groups in total. The van der Waals surface area contributed by atoms with E-state index in [4.69, 9.17) is 0 Å². The van der Waals surface area contributed by atoms with Crippen molar-refractivity contribution in [2.75, 3.05) is 12.3 Å². The van der Waals surface area contributed by atoms with E-state index in [1.807, 2.05) is 0 Å². The molecule has 2 aliphatic rings. The van der Waals surface area contributed by atoms with Crippen molar-refractivity contribution in [3.8, 4) is 0 Å². The van der Waals surface area contributed by atoms with Crippen molar-refractivity contribution in [3.63, 3.8) is 0 Å². The minimum atomic E-state index is -1.65. The van der Waals surface area contributed by atoms with Gasteiger partial charge >= 0.3 is 0 Å². The number of hydrogen-bond acceptors (Lipinski definition) is 6. The van der Waals surface area contributed by atoms with Gasteiger partial charge in [0.2, 0.25) is 0 Å². The van der Waals surface area contributed by atoms with Crippen LogP contribution in [0.4, 0.5) is 0 Å². The molecule has 6 nitrogen and oxygen atoms in total. The molecule has 2 aliphatic heterocycles. The fourth-order valence-electron chi connectivity index (χ4n) is 1.88. The van der Waals surface area contributed by atoms with Crippen molar-refractivity contribution >= 4 is 17.7 Å². The Morgan fingerprint density at radius 2 is 1.80 bits per heavy atom. The van der Waals surface area contributed by atoms with Crippen LogP contribution in [0.5, 0.6) is 0 Å². The number of thioether (sulfide) groups is 1. The molecule has 0 unspecified atom stereocenters. The molecule has 0 radical (unpaired) electrons. The molecule has 0 spiro atoms. The highest BCUT2D eigenvalue weighted by atomic mass is 32.2. The predicted octanol–water partition coefficient (Wildman–Crippen LogP) is -2.65. The quantitative estimate of drug-likeness (QED) is 0.366. The van der Waals surface area contributed by atoms with E-state index in [2.05, 4.69) is 0 Å². The first-order valence-corrected chi connectivity index (χ1v) is 5.73. The van der Waals surface area contributed by atoms with Gasteiger partial charge in [0.1, 0.15) is 23.7 Å². The SMILES string of the molecule is O=C1[C@@H](O)[C@@H](O)[C@H](O)[C@@H](O)[C@H]2SCCN12. The smallest absolute Gasteiger partial charge is 0.255 e. The van der Waals surface area contributed by atoms with Crippen LogP contribution in [0.3, 0.4) is 0 Å². The monoisotopic (exact) mass is 235 g/mol. The van der Waals surface area contributed by atoms with E-state index >= 15 is 0 Å². The van der Waals surface area contributed by atoms with E-state index in [1.165, 1.54) is 16.7 Å². The Labute approximate surface area is 90.5 Å². The molecule has 2 saturated heterocycles. The summed E-state index contributed by atoms with van der Waals surface area (Å²) in [5, 5.41) is 37.5. The minimum Gasteiger partial charge on any atom is -0.387 e. The summed E-state index contributed by atoms with van der Waals surface area (Å²) in [5.74, 6) is 0.0244. The molecule has 2 heterocycles. The fourth-order valence-corrected chi connectivity index (χ4v) is 3.17. The molecule has 1 amide bonds. The van der Waals surface area contributed by atoms with Crippen LogP contribution in [-0.4, -0.2) is 73.3 Å². The van der Waals surface area contributed by atoms with Gasteiger partial charge in [-0.15, -0.1) is 11.8 Å². The molecule has 5 atom stereocenters. The van der Waals surface area contributed by atoms with Crippen LogP contribution in [-0.2, 0) is 4.79 Å². The first kappa shape index (κ1) is 11.2. The summed E-state index contributed by atoms with van der Waals surface area (Å²) < 4.78 is 0. The topological polar surface area (TPSA) is 101 Å². The maximum Gasteiger partial charge on any atom is 0.255 e. The second-order valence-electron chi connectivity index (χ2n) is 3.71. The molecule has 2 rings (SSSR count). The summed E-state index contributed by atoms with van der Waals surface area (Å²) in [5.41, 5.74) is 0. The average Bonchev–Trinajstić information content (AvgIpc) is 2.70. The fraction of sp³-hybridized carbons (Fsp3) is 0.875. The summed E-state index contributed by atoms with van der Waals surface area (Å²) in [4.78, 5) is 12.9. The normalized spacial score (nSPS) is 46.5. The van der Waals surface area contributed by atoms with E-state index in [1.54, 1.807) is 0 Å². The number of hydrogen-bond donors (Lipinski definition) is 4. The summed E-state index contributed by atoms with van der Waals surface area (Å²) >= 11 is 1.33. The lowest BCUT2D eigenvalue weighted by Gasteiger charge is -2.26. The number of nitrogens with zero attached hydrogens (tertiary/aromatic N) is 1. The van der Waals surface area contributed by atoms with Gasteiger partial charge in [-0.3, -0.25) is 4.79 Å². The van der Waals surface area contributed by atoms with Gasteiger partial charge in [-0.25, -0.2) is 0 Å². The number of amides is 1. The van der Waals surface area contributed by atoms with Crippen molar-refractivity contribution in [1.29, 1.82) is 0 Å². The number of rotatable bonds is 0. The van der Waals surface area contributed by atoms with Crippen LogP contribution in [0.1, 0.15) is 0 Å². The molecule has 15 heavy (non-hydrogen) atoms. The Morgan fingerprint density at radius 3 is 2.47 bits per heavy atom. The van der Waals surface area contributed by atoms with Crippen molar-refractivity contribution in [1.82, 2.24) is 4.90 Å². The second kappa shape index (κ2) is 3.91. The average molecular weight is 235 g/mol. The van der Waals surface area contributed by atoms with Crippen LogP contribution in [0, 0.1) is 0 Å². The third-order valence-electron chi connectivity index (χ3n) is 2.78. The summed E-state index contributed by atoms with van der Waals surface area (Å²) in [7, 11) is 0. The molecule has 2 fully saturated rings. The van der Waals surface area contributed by atoms with Gasteiger partial charge in [0.05, 0.1) is 0 Å². The highest BCUT2D eigenvalue weighted by Gasteiger charge is 2.48. The maximum absolute atomic E-state index is 11.6. The van der Waals surface area contributed by atoms with E-state index < -0.39 is 35.7 Å². The Morgan fingerprint density at radius 1 is 1.13 bits per heavy atom. The number of fused-ring (bicyclic) bond motifs is 1. The van der Waals surface area contributed by atoms with Crippen molar-refractivity contribution < 1.29 is 25.2 Å². The van der Waals surface area contributed by atoms with Gasteiger partial charge in [0.25, 0.3) is 5.91 Å². The first-order valence-electron chi connectivity index (χ1n) is 4.68. The van der Waals surface area contributed by atoms with Gasteiger partial charge in [-0.1, -0.05) is 0 Å². The Bertz CT molecular complexity index is 276. The minimum absolute atomic E-state index is 0.418. The third kappa shape index (κ3) is 1.64.